The van der Waals surface area contributed by atoms with E-state index < -0.39 is 5.91 Å². The quantitative estimate of drug-likeness (QED) is 0.669. The molecule has 1 atom stereocenters. The van der Waals surface area contributed by atoms with Crippen LogP contribution < -0.4 is 20.5 Å². The Hall–Kier alpha value is -3.81. The van der Waals surface area contributed by atoms with Crippen LogP contribution >= 0.6 is 0 Å². The molecular weight excluding hydrogens is 372 g/mol. The molecule has 0 bridgehead atoms. The van der Waals surface area contributed by atoms with Crippen molar-refractivity contribution in [3.63, 3.8) is 0 Å². The summed E-state index contributed by atoms with van der Waals surface area (Å²) in [5.74, 6) is 1.03. The summed E-state index contributed by atoms with van der Waals surface area (Å²) in [6.07, 6.45) is 1.96. The van der Waals surface area contributed by atoms with E-state index in [2.05, 4.69) is 10.3 Å². The second-order valence-corrected chi connectivity index (χ2v) is 6.68. The van der Waals surface area contributed by atoms with Crippen molar-refractivity contribution < 1.29 is 19.1 Å². The van der Waals surface area contributed by atoms with Crippen LogP contribution in [0.15, 0.2) is 54.9 Å². The Morgan fingerprint density at radius 2 is 2.03 bits per heavy atom. The van der Waals surface area contributed by atoms with Gasteiger partial charge in [0.2, 0.25) is 5.91 Å². The lowest BCUT2D eigenvalue weighted by atomic mass is 9.89. The molecule has 3 aromatic rings. The Labute approximate surface area is 167 Å². The fourth-order valence-electron chi connectivity index (χ4n) is 3.40. The first kappa shape index (κ1) is 18.5. The number of carbonyl (C=O) groups is 2. The van der Waals surface area contributed by atoms with Crippen LogP contribution in [0, 0.1) is 0 Å². The highest BCUT2D eigenvalue weighted by Gasteiger charge is 2.31. The zero-order valence-corrected chi connectivity index (χ0v) is 15.8. The van der Waals surface area contributed by atoms with Gasteiger partial charge in [-0.15, -0.1) is 0 Å². The minimum atomic E-state index is -0.548. The molecule has 0 spiro atoms. The molecule has 29 heavy (non-hydrogen) atoms. The molecular formula is C21H20N4O4. The molecule has 148 valence electrons. The Bertz CT molecular complexity index is 1060. The number of rotatable bonds is 6. The van der Waals surface area contributed by atoms with E-state index in [1.807, 2.05) is 47.0 Å². The van der Waals surface area contributed by atoms with Crippen molar-refractivity contribution in [2.75, 3.05) is 19.0 Å². The number of imidazole rings is 1. The molecule has 0 saturated carbocycles. The van der Waals surface area contributed by atoms with Crippen LogP contribution in [0.25, 0.3) is 5.69 Å². The number of benzene rings is 2. The highest BCUT2D eigenvalue weighted by Crippen LogP contribution is 2.38. The minimum absolute atomic E-state index is 0.0961. The SMILES string of the molecule is COc1ccc(-n2cnc3c2NC(=O)C[C@H]3c2cccc(OCC(N)=O)c2)cc1. The molecule has 0 radical (unpaired) electrons. The number of nitrogens with zero attached hydrogens (tertiary/aromatic N) is 2. The van der Waals surface area contributed by atoms with E-state index in [4.69, 9.17) is 15.2 Å². The van der Waals surface area contributed by atoms with E-state index in [0.717, 1.165) is 22.7 Å². The molecule has 1 aromatic heterocycles. The second-order valence-electron chi connectivity index (χ2n) is 6.68. The maximum absolute atomic E-state index is 12.4. The standard InChI is InChI=1S/C21H20N4O4/c1-28-15-7-5-14(6-8-15)25-12-23-20-17(10-19(27)24-21(20)25)13-3-2-4-16(9-13)29-11-18(22)26/h2-9,12,17H,10-11H2,1H3,(H2,22,26)(H,24,27)/t17-/m0/s1. The summed E-state index contributed by atoms with van der Waals surface area (Å²) >= 11 is 0. The summed E-state index contributed by atoms with van der Waals surface area (Å²) in [5.41, 5.74) is 7.65. The average Bonchev–Trinajstić information content (AvgIpc) is 3.15. The minimum Gasteiger partial charge on any atom is -0.497 e. The number of amides is 2. The zero-order chi connectivity index (χ0) is 20.4. The number of hydrogen-bond acceptors (Lipinski definition) is 5. The van der Waals surface area contributed by atoms with Crippen molar-refractivity contribution in [2.24, 2.45) is 5.73 Å². The third-order valence-corrected chi connectivity index (χ3v) is 4.77. The highest BCUT2D eigenvalue weighted by molar-refractivity contribution is 5.94. The van der Waals surface area contributed by atoms with Gasteiger partial charge in [0.1, 0.15) is 23.6 Å². The van der Waals surface area contributed by atoms with Crippen molar-refractivity contribution in [3.05, 3.63) is 66.1 Å². The Kier molecular flexibility index (Phi) is 4.90. The first-order valence-corrected chi connectivity index (χ1v) is 9.07. The molecule has 2 heterocycles. The van der Waals surface area contributed by atoms with Crippen molar-refractivity contribution in [2.45, 2.75) is 12.3 Å². The maximum Gasteiger partial charge on any atom is 0.255 e. The van der Waals surface area contributed by atoms with E-state index in [1.54, 1.807) is 19.5 Å². The molecule has 0 saturated heterocycles. The number of nitrogens with one attached hydrogen (secondary N) is 1. The van der Waals surface area contributed by atoms with Gasteiger partial charge in [0, 0.05) is 18.0 Å². The number of primary amides is 1. The van der Waals surface area contributed by atoms with Gasteiger partial charge in [-0.25, -0.2) is 4.98 Å². The third-order valence-electron chi connectivity index (χ3n) is 4.77. The van der Waals surface area contributed by atoms with Crippen LogP contribution in [0.2, 0.25) is 0 Å². The number of ether oxygens (including phenoxy) is 2. The molecule has 0 fully saturated rings. The number of carbonyl (C=O) groups excluding carboxylic acids is 2. The molecule has 2 amide bonds. The number of anilines is 1. The normalized spacial score (nSPS) is 15.3. The van der Waals surface area contributed by atoms with Crippen molar-refractivity contribution in [1.29, 1.82) is 0 Å². The van der Waals surface area contributed by atoms with Gasteiger partial charge in [0.05, 0.1) is 12.8 Å². The average molecular weight is 392 g/mol. The summed E-state index contributed by atoms with van der Waals surface area (Å²) in [5, 5.41) is 2.93. The van der Waals surface area contributed by atoms with Gasteiger partial charge >= 0.3 is 0 Å². The second kappa shape index (κ2) is 7.67. The van der Waals surface area contributed by atoms with Gasteiger partial charge in [-0.3, -0.25) is 14.2 Å². The van der Waals surface area contributed by atoms with Gasteiger partial charge in [0.15, 0.2) is 6.61 Å². The number of aromatic nitrogens is 2. The number of methoxy groups -OCH3 is 1. The molecule has 2 aromatic carbocycles. The predicted molar refractivity (Wildman–Crippen MR) is 106 cm³/mol. The lowest BCUT2D eigenvalue weighted by Gasteiger charge is -2.23. The van der Waals surface area contributed by atoms with Gasteiger partial charge in [-0.1, -0.05) is 12.1 Å². The molecule has 1 aliphatic rings. The lowest BCUT2D eigenvalue weighted by molar-refractivity contribution is -0.120. The van der Waals surface area contributed by atoms with Crippen LogP contribution in [0.4, 0.5) is 5.82 Å². The number of hydrogen-bond donors (Lipinski definition) is 2. The summed E-state index contributed by atoms with van der Waals surface area (Å²) in [7, 11) is 1.61. The molecule has 8 nitrogen and oxygen atoms in total. The lowest BCUT2D eigenvalue weighted by Crippen LogP contribution is -2.25. The Morgan fingerprint density at radius 1 is 1.24 bits per heavy atom. The smallest absolute Gasteiger partial charge is 0.255 e. The van der Waals surface area contributed by atoms with Gasteiger partial charge in [0.25, 0.3) is 5.91 Å². The summed E-state index contributed by atoms with van der Waals surface area (Å²) < 4.78 is 12.4. The largest absolute Gasteiger partial charge is 0.497 e. The van der Waals surface area contributed by atoms with E-state index in [-0.39, 0.29) is 24.9 Å². The van der Waals surface area contributed by atoms with Gasteiger partial charge < -0.3 is 20.5 Å². The fourth-order valence-corrected chi connectivity index (χ4v) is 3.40. The van der Waals surface area contributed by atoms with E-state index >= 15 is 0 Å². The molecule has 0 unspecified atom stereocenters. The van der Waals surface area contributed by atoms with Crippen LogP contribution in [0.5, 0.6) is 11.5 Å². The number of fused-ring (bicyclic) bond motifs is 1. The highest BCUT2D eigenvalue weighted by atomic mass is 16.5. The van der Waals surface area contributed by atoms with Crippen LogP contribution in [0.3, 0.4) is 0 Å². The van der Waals surface area contributed by atoms with E-state index in [9.17, 15) is 9.59 Å². The van der Waals surface area contributed by atoms with E-state index in [1.165, 1.54) is 0 Å². The third kappa shape index (κ3) is 3.77. The predicted octanol–water partition coefficient (Wildman–Crippen LogP) is 2.22. The number of nitrogens with two attached hydrogens (primary N) is 1. The fraction of sp³-hybridized carbons (Fsp3) is 0.190. The summed E-state index contributed by atoms with van der Waals surface area (Å²) in [6.45, 7) is -0.202. The molecule has 0 aliphatic carbocycles. The summed E-state index contributed by atoms with van der Waals surface area (Å²) in [4.78, 5) is 28.0. The molecule has 4 rings (SSSR count). The first-order chi connectivity index (χ1) is 14.0. The van der Waals surface area contributed by atoms with Crippen LogP contribution in [-0.2, 0) is 9.59 Å². The van der Waals surface area contributed by atoms with Crippen molar-refractivity contribution in [3.8, 4) is 17.2 Å². The molecule has 3 N–H and O–H groups in total. The first-order valence-electron chi connectivity index (χ1n) is 9.07. The maximum atomic E-state index is 12.4. The van der Waals surface area contributed by atoms with Crippen LogP contribution in [0.1, 0.15) is 23.6 Å². The zero-order valence-electron chi connectivity index (χ0n) is 15.8. The summed E-state index contributed by atoms with van der Waals surface area (Å²) in [6, 6.07) is 14.8. The molecule has 8 heteroatoms. The van der Waals surface area contributed by atoms with E-state index in [0.29, 0.717) is 11.6 Å². The Morgan fingerprint density at radius 3 is 2.76 bits per heavy atom. The van der Waals surface area contributed by atoms with Crippen molar-refractivity contribution >= 4 is 17.6 Å². The monoisotopic (exact) mass is 392 g/mol. The van der Waals surface area contributed by atoms with Crippen molar-refractivity contribution in [1.82, 2.24) is 9.55 Å². The van der Waals surface area contributed by atoms with Crippen LogP contribution in [-0.4, -0.2) is 35.1 Å². The Balaban J connectivity index is 1.68. The topological polar surface area (TPSA) is 108 Å². The molecule has 1 aliphatic heterocycles. The van der Waals surface area contributed by atoms with Gasteiger partial charge in [-0.05, 0) is 42.0 Å². The van der Waals surface area contributed by atoms with Gasteiger partial charge in [-0.2, -0.15) is 0 Å².